The predicted molar refractivity (Wildman–Crippen MR) is 82.1 cm³/mol. The van der Waals surface area contributed by atoms with E-state index in [2.05, 4.69) is 20.8 Å². The fraction of sp³-hybridized carbons (Fsp3) is 0.571. The van der Waals surface area contributed by atoms with Crippen LogP contribution in [0.4, 0.5) is 11.4 Å². The lowest BCUT2D eigenvalue weighted by Gasteiger charge is -2.33. The monoisotopic (exact) mass is 342 g/mol. The summed E-state index contributed by atoms with van der Waals surface area (Å²) in [5.74, 6) is 0.632. The van der Waals surface area contributed by atoms with Gasteiger partial charge in [-0.2, -0.15) is 0 Å². The van der Waals surface area contributed by atoms with Crippen LogP contribution in [0.1, 0.15) is 25.7 Å². The van der Waals surface area contributed by atoms with E-state index >= 15 is 0 Å². The number of nitrogens with zero attached hydrogens (tertiary/aromatic N) is 2. The van der Waals surface area contributed by atoms with Crippen LogP contribution in [-0.2, 0) is 0 Å². The third kappa shape index (κ3) is 3.70. The predicted octanol–water partition coefficient (Wildman–Crippen LogP) is 3.35. The first kappa shape index (κ1) is 15.3. The van der Waals surface area contributed by atoms with Crippen LogP contribution in [0.5, 0.6) is 0 Å². The van der Waals surface area contributed by atoms with E-state index in [9.17, 15) is 10.1 Å². The number of nitro benzene ring substituents is 1. The molecule has 0 unspecified atom stereocenters. The Hall–Kier alpha value is -1.14. The second-order valence-electron chi connectivity index (χ2n) is 5.19. The molecular formula is C14H19BrN2O3. The number of piperidine rings is 1. The average Bonchev–Trinajstić information content (AvgIpc) is 2.45. The molecule has 1 heterocycles. The van der Waals surface area contributed by atoms with Crippen LogP contribution in [-0.4, -0.2) is 29.7 Å². The molecule has 2 rings (SSSR count). The number of hydrogen-bond donors (Lipinski definition) is 1. The van der Waals surface area contributed by atoms with Crippen LogP contribution in [0.2, 0.25) is 0 Å². The summed E-state index contributed by atoms with van der Waals surface area (Å²) in [6.07, 6.45) is 3.97. The zero-order chi connectivity index (χ0) is 14.5. The SMILES string of the molecule is O=[N+]([O-])c1cc(Br)ccc1N1CCC(CCCO)CC1. The number of aliphatic hydroxyl groups is 1. The van der Waals surface area contributed by atoms with E-state index < -0.39 is 0 Å². The summed E-state index contributed by atoms with van der Waals surface area (Å²) in [4.78, 5) is 12.9. The number of rotatable bonds is 5. The second kappa shape index (κ2) is 7.04. The van der Waals surface area contributed by atoms with Gasteiger partial charge in [-0.3, -0.25) is 10.1 Å². The average molecular weight is 343 g/mol. The van der Waals surface area contributed by atoms with Gasteiger partial charge in [0, 0.05) is 30.2 Å². The van der Waals surface area contributed by atoms with Gasteiger partial charge in [-0.25, -0.2) is 0 Å². The molecule has 0 spiro atoms. The molecule has 110 valence electrons. The van der Waals surface area contributed by atoms with Crippen LogP contribution >= 0.6 is 15.9 Å². The minimum absolute atomic E-state index is 0.160. The van der Waals surface area contributed by atoms with Crippen LogP contribution in [0.3, 0.4) is 0 Å². The lowest BCUT2D eigenvalue weighted by atomic mass is 9.92. The highest BCUT2D eigenvalue weighted by Crippen LogP contribution is 2.34. The van der Waals surface area contributed by atoms with Crippen molar-refractivity contribution in [2.45, 2.75) is 25.7 Å². The number of aliphatic hydroxyl groups excluding tert-OH is 1. The van der Waals surface area contributed by atoms with E-state index in [1.54, 1.807) is 6.07 Å². The molecular weight excluding hydrogens is 324 g/mol. The van der Waals surface area contributed by atoms with Gasteiger partial charge in [0.25, 0.3) is 5.69 Å². The van der Waals surface area contributed by atoms with E-state index in [0.29, 0.717) is 11.6 Å². The van der Waals surface area contributed by atoms with Gasteiger partial charge >= 0.3 is 0 Å². The Morgan fingerprint density at radius 2 is 2.10 bits per heavy atom. The Kier molecular flexibility index (Phi) is 5.37. The van der Waals surface area contributed by atoms with Crippen LogP contribution in [0, 0.1) is 16.0 Å². The lowest BCUT2D eigenvalue weighted by molar-refractivity contribution is -0.384. The molecule has 0 amide bonds. The van der Waals surface area contributed by atoms with E-state index in [1.807, 2.05) is 12.1 Å². The maximum atomic E-state index is 11.2. The molecule has 0 aliphatic carbocycles. The van der Waals surface area contributed by atoms with Crippen molar-refractivity contribution >= 4 is 27.3 Å². The smallest absolute Gasteiger partial charge is 0.293 e. The lowest BCUT2D eigenvalue weighted by Crippen LogP contribution is -2.34. The fourth-order valence-corrected chi connectivity index (χ4v) is 3.10. The van der Waals surface area contributed by atoms with Crippen molar-refractivity contribution in [1.82, 2.24) is 0 Å². The summed E-state index contributed by atoms with van der Waals surface area (Å²) in [5.41, 5.74) is 0.868. The van der Waals surface area contributed by atoms with Crippen molar-refractivity contribution in [3.05, 3.63) is 32.8 Å². The minimum Gasteiger partial charge on any atom is -0.396 e. The molecule has 0 aromatic heterocycles. The summed E-state index contributed by atoms with van der Waals surface area (Å²) in [7, 11) is 0. The zero-order valence-corrected chi connectivity index (χ0v) is 12.9. The molecule has 5 nitrogen and oxygen atoms in total. The summed E-state index contributed by atoms with van der Waals surface area (Å²) in [5, 5.41) is 20.0. The molecule has 1 aromatic carbocycles. The van der Waals surface area contributed by atoms with Crippen molar-refractivity contribution in [1.29, 1.82) is 0 Å². The molecule has 1 fully saturated rings. The summed E-state index contributed by atoms with van der Waals surface area (Å²) < 4.78 is 0.728. The highest BCUT2D eigenvalue weighted by molar-refractivity contribution is 9.10. The summed E-state index contributed by atoms with van der Waals surface area (Å²) in [6.45, 7) is 1.94. The third-order valence-corrected chi connectivity index (χ3v) is 4.35. The molecule has 0 bridgehead atoms. The Bertz CT molecular complexity index is 473. The van der Waals surface area contributed by atoms with Gasteiger partial charge in [-0.05, 0) is 43.7 Å². The van der Waals surface area contributed by atoms with Gasteiger partial charge in [0.1, 0.15) is 5.69 Å². The standard InChI is InChI=1S/C14H19BrN2O3/c15-12-3-4-13(14(10-12)17(19)20)16-7-5-11(6-8-16)2-1-9-18/h3-4,10-11,18H,1-2,5-9H2. The molecule has 0 radical (unpaired) electrons. The zero-order valence-electron chi connectivity index (χ0n) is 11.3. The molecule has 1 aromatic rings. The van der Waals surface area contributed by atoms with Crippen molar-refractivity contribution in [3.63, 3.8) is 0 Å². The Labute approximate surface area is 126 Å². The van der Waals surface area contributed by atoms with Gasteiger partial charge in [0.05, 0.1) is 4.92 Å². The van der Waals surface area contributed by atoms with Crippen molar-refractivity contribution in [2.24, 2.45) is 5.92 Å². The summed E-state index contributed by atoms with van der Waals surface area (Å²) in [6, 6.07) is 5.23. The van der Waals surface area contributed by atoms with Crippen LogP contribution in [0.25, 0.3) is 0 Å². The summed E-state index contributed by atoms with van der Waals surface area (Å²) >= 11 is 3.28. The fourth-order valence-electron chi connectivity index (χ4n) is 2.75. The molecule has 1 saturated heterocycles. The largest absolute Gasteiger partial charge is 0.396 e. The molecule has 1 aliphatic heterocycles. The Balaban J connectivity index is 2.05. The first-order valence-electron chi connectivity index (χ1n) is 6.91. The molecule has 1 N–H and O–H groups in total. The maximum Gasteiger partial charge on any atom is 0.293 e. The van der Waals surface area contributed by atoms with Crippen molar-refractivity contribution < 1.29 is 10.0 Å². The van der Waals surface area contributed by atoms with Crippen LogP contribution < -0.4 is 4.90 Å². The second-order valence-corrected chi connectivity index (χ2v) is 6.10. The maximum absolute atomic E-state index is 11.2. The van der Waals surface area contributed by atoms with Gasteiger partial charge in [0.15, 0.2) is 0 Å². The van der Waals surface area contributed by atoms with Gasteiger partial charge in [0.2, 0.25) is 0 Å². The minimum atomic E-state index is -0.321. The first-order valence-corrected chi connectivity index (χ1v) is 7.71. The molecule has 20 heavy (non-hydrogen) atoms. The molecule has 0 saturated carbocycles. The van der Waals surface area contributed by atoms with Gasteiger partial charge in [-0.1, -0.05) is 15.9 Å². The van der Waals surface area contributed by atoms with Crippen molar-refractivity contribution in [3.8, 4) is 0 Å². The van der Waals surface area contributed by atoms with E-state index in [-0.39, 0.29) is 17.2 Å². The van der Waals surface area contributed by atoms with Gasteiger partial charge < -0.3 is 10.0 Å². The number of halogens is 1. The highest BCUT2D eigenvalue weighted by Gasteiger charge is 2.24. The number of anilines is 1. The molecule has 0 atom stereocenters. The quantitative estimate of drug-likeness (QED) is 0.658. The Morgan fingerprint density at radius 3 is 2.70 bits per heavy atom. The topological polar surface area (TPSA) is 66.6 Å². The van der Waals surface area contributed by atoms with E-state index in [4.69, 9.17) is 5.11 Å². The normalized spacial score (nSPS) is 16.4. The number of benzene rings is 1. The molecule has 1 aliphatic rings. The third-order valence-electron chi connectivity index (χ3n) is 3.86. The van der Waals surface area contributed by atoms with Crippen molar-refractivity contribution in [2.75, 3.05) is 24.6 Å². The first-order chi connectivity index (χ1) is 9.61. The number of hydrogen-bond acceptors (Lipinski definition) is 4. The van der Waals surface area contributed by atoms with E-state index in [0.717, 1.165) is 43.2 Å². The Morgan fingerprint density at radius 1 is 1.40 bits per heavy atom. The van der Waals surface area contributed by atoms with Gasteiger partial charge in [-0.15, -0.1) is 0 Å². The van der Waals surface area contributed by atoms with Crippen LogP contribution in [0.15, 0.2) is 22.7 Å². The molecule has 6 heteroatoms. The highest BCUT2D eigenvalue weighted by atomic mass is 79.9. The number of nitro groups is 1. The van der Waals surface area contributed by atoms with E-state index in [1.165, 1.54) is 0 Å².